The first kappa shape index (κ1) is 23.0. The molecule has 0 unspecified atom stereocenters. The van der Waals surface area contributed by atoms with Gasteiger partial charge in [-0.2, -0.15) is 0 Å². The molecule has 9 aromatic rings. The summed E-state index contributed by atoms with van der Waals surface area (Å²) in [5.74, 6) is 0. The van der Waals surface area contributed by atoms with Gasteiger partial charge in [0.25, 0.3) is 0 Å². The van der Waals surface area contributed by atoms with E-state index in [0.717, 1.165) is 0 Å². The van der Waals surface area contributed by atoms with Crippen LogP contribution in [0.4, 0.5) is 0 Å². The van der Waals surface area contributed by atoms with Crippen LogP contribution in [0.3, 0.4) is 0 Å². The van der Waals surface area contributed by atoms with Crippen LogP contribution < -0.4 is 0 Å². The third kappa shape index (κ3) is 3.40. The number of fused-ring (bicyclic) bond motifs is 8. The minimum atomic E-state index is 1.20. The third-order valence-corrected chi connectivity index (χ3v) is 10.5. The molecule has 41 heavy (non-hydrogen) atoms. The zero-order valence-corrected chi connectivity index (χ0v) is 23.7. The summed E-state index contributed by atoms with van der Waals surface area (Å²) in [5, 5.41) is 5.30. The second-order valence-corrected chi connectivity index (χ2v) is 12.6. The SMILES string of the molecule is c1ccc(-n2c3ccccc3c3sc4cc(-c5ccccc5-c5cccc6sc7ccccc7c56)ccc4c32)cc1. The Balaban J connectivity index is 1.29. The summed E-state index contributed by atoms with van der Waals surface area (Å²) in [4.78, 5) is 0. The van der Waals surface area contributed by atoms with Gasteiger partial charge in [-0.15, -0.1) is 22.7 Å². The molecule has 0 saturated heterocycles. The molecule has 0 aliphatic rings. The van der Waals surface area contributed by atoms with E-state index in [2.05, 4.69) is 144 Å². The zero-order chi connectivity index (χ0) is 26.9. The van der Waals surface area contributed by atoms with Crippen LogP contribution in [0.2, 0.25) is 0 Å². The van der Waals surface area contributed by atoms with Crippen LogP contribution >= 0.6 is 22.7 Å². The normalized spacial score (nSPS) is 11.9. The molecule has 0 spiro atoms. The number of rotatable bonds is 3. The Morgan fingerprint density at radius 3 is 2.05 bits per heavy atom. The average Bonchev–Trinajstić information content (AvgIpc) is 3.70. The van der Waals surface area contributed by atoms with Crippen LogP contribution in [-0.2, 0) is 0 Å². The van der Waals surface area contributed by atoms with E-state index in [1.54, 1.807) is 0 Å². The number of nitrogens with zero attached hydrogens (tertiary/aromatic N) is 1. The first-order valence-electron chi connectivity index (χ1n) is 13.9. The summed E-state index contributed by atoms with van der Waals surface area (Å²) in [6.07, 6.45) is 0. The lowest BCUT2D eigenvalue weighted by molar-refractivity contribution is 1.19. The highest BCUT2D eigenvalue weighted by molar-refractivity contribution is 7.27. The minimum absolute atomic E-state index is 1.20. The first-order chi connectivity index (χ1) is 20.3. The van der Waals surface area contributed by atoms with Crippen molar-refractivity contribution in [1.29, 1.82) is 0 Å². The second-order valence-electron chi connectivity index (χ2n) is 10.5. The van der Waals surface area contributed by atoms with Crippen LogP contribution in [0.25, 0.3) is 79.3 Å². The number of aromatic nitrogens is 1. The molecule has 0 amide bonds. The van der Waals surface area contributed by atoms with Gasteiger partial charge in [0.05, 0.1) is 15.7 Å². The fourth-order valence-electron chi connectivity index (χ4n) is 6.45. The fourth-order valence-corrected chi connectivity index (χ4v) is 8.84. The predicted molar refractivity (Wildman–Crippen MR) is 180 cm³/mol. The van der Waals surface area contributed by atoms with Crippen molar-refractivity contribution in [2.75, 3.05) is 0 Å². The van der Waals surface area contributed by atoms with E-state index >= 15 is 0 Å². The summed E-state index contributed by atoms with van der Waals surface area (Å²) in [5.41, 5.74) is 8.85. The number of hydrogen-bond acceptors (Lipinski definition) is 2. The molecule has 0 radical (unpaired) electrons. The molecule has 0 N–H and O–H groups in total. The molecule has 3 heterocycles. The molecule has 9 rings (SSSR count). The molecular formula is C38H23NS2. The molecule has 0 saturated carbocycles. The highest BCUT2D eigenvalue weighted by atomic mass is 32.1. The zero-order valence-electron chi connectivity index (χ0n) is 22.0. The summed E-state index contributed by atoms with van der Waals surface area (Å²) in [6.45, 7) is 0. The van der Waals surface area contributed by atoms with Crippen LogP contribution in [0.1, 0.15) is 0 Å². The van der Waals surface area contributed by atoms with Gasteiger partial charge in [-0.25, -0.2) is 0 Å². The van der Waals surface area contributed by atoms with Crippen molar-refractivity contribution in [2.45, 2.75) is 0 Å². The number of thiophene rings is 2. The largest absolute Gasteiger partial charge is 0.308 e. The van der Waals surface area contributed by atoms with Crippen LogP contribution in [0.15, 0.2) is 140 Å². The highest BCUT2D eigenvalue weighted by Gasteiger charge is 2.19. The molecule has 192 valence electrons. The van der Waals surface area contributed by atoms with Gasteiger partial charge >= 0.3 is 0 Å². The summed E-state index contributed by atoms with van der Waals surface area (Å²) >= 11 is 3.78. The van der Waals surface area contributed by atoms with E-state index < -0.39 is 0 Å². The Kier molecular flexibility index (Phi) is 5.00. The van der Waals surface area contributed by atoms with E-state index in [0.29, 0.717) is 0 Å². The Morgan fingerprint density at radius 1 is 0.439 bits per heavy atom. The van der Waals surface area contributed by atoms with Crippen molar-refractivity contribution in [3.8, 4) is 27.9 Å². The van der Waals surface area contributed by atoms with Gasteiger partial charge in [-0.3, -0.25) is 0 Å². The molecule has 0 fully saturated rings. The van der Waals surface area contributed by atoms with E-state index in [1.165, 1.54) is 79.3 Å². The van der Waals surface area contributed by atoms with E-state index in [1.807, 2.05) is 22.7 Å². The van der Waals surface area contributed by atoms with E-state index in [-0.39, 0.29) is 0 Å². The quantitative estimate of drug-likeness (QED) is 0.204. The highest BCUT2D eigenvalue weighted by Crippen LogP contribution is 2.46. The number of para-hydroxylation sites is 2. The molecule has 3 aromatic heterocycles. The molecule has 6 aromatic carbocycles. The molecule has 0 aliphatic carbocycles. The van der Waals surface area contributed by atoms with Crippen molar-refractivity contribution in [3.05, 3.63) is 140 Å². The van der Waals surface area contributed by atoms with Crippen molar-refractivity contribution in [3.63, 3.8) is 0 Å². The maximum absolute atomic E-state index is 2.43. The summed E-state index contributed by atoms with van der Waals surface area (Å²) in [6, 6.07) is 51.0. The maximum atomic E-state index is 2.43. The van der Waals surface area contributed by atoms with Gasteiger partial charge in [-0.1, -0.05) is 103 Å². The average molecular weight is 558 g/mol. The van der Waals surface area contributed by atoms with Crippen molar-refractivity contribution < 1.29 is 0 Å². The summed E-state index contributed by atoms with van der Waals surface area (Å²) in [7, 11) is 0. The van der Waals surface area contributed by atoms with Gasteiger partial charge in [0, 0.05) is 41.3 Å². The number of benzene rings is 6. The fraction of sp³-hybridized carbons (Fsp3) is 0. The molecule has 3 heteroatoms. The molecule has 0 bridgehead atoms. The Labute approximate surface area is 245 Å². The molecule has 0 atom stereocenters. The Morgan fingerprint density at radius 2 is 1.15 bits per heavy atom. The maximum Gasteiger partial charge on any atom is 0.0727 e. The van der Waals surface area contributed by atoms with Crippen molar-refractivity contribution in [1.82, 2.24) is 4.57 Å². The van der Waals surface area contributed by atoms with Gasteiger partial charge in [-0.05, 0) is 58.7 Å². The molecule has 1 nitrogen and oxygen atoms in total. The Bertz CT molecular complexity index is 2420. The Hall–Kier alpha value is -4.70. The van der Waals surface area contributed by atoms with Gasteiger partial charge in [0.15, 0.2) is 0 Å². The van der Waals surface area contributed by atoms with E-state index in [9.17, 15) is 0 Å². The topological polar surface area (TPSA) is 4.93 Å². The second kappa shape index (κ2) is 8.90. The summed E-state index contributed by atoms with van der Waals surface area (Å²) < 4.78 is 7.77. The molecular weight excluding hydrogens is 535 g/mol. The van der Waals surface area contributed by atoms with Crippen LogP contribution in [-0.4, -0.2) is 4.57 Å². The number of hydrogen-bond donors (Lipinski definition) is 0. The predicted octanol–water partition coefficient (Wildman–Crippen LogP) is 11.7. The lowest BCUT2D eigenvalue weighted by Gasteiger charge is -2.12. The van der Waals surface area contributed by atoms with Gasteiger partial charge in [0.1, 0.15) is 0 Å². The van der Waals surface area contributed by atoms with Gasteiger partial charge < -0.3 is 4.57 Å². The monoisotopic (exact) mass is 557 g/mol. The van der Waals surface area contributed by atoms with E-state index in [4.69, 9.17) is 0 Å². The lowest BCUT2D eigenvalue weighted by atomic mass is 9.92. The first-order valence-corrected chi connectivity index (χ1v) is 15.5. The standard InChI is InChI=1S/C38H23NS2/c1-2-11-25(12-3-1)39-32-18-8-6-15-29(32)38-37(39)31-22-21-24(23-35(31)41-38)26-13-4-5-14-27(26)28-17-10-20-34-36(28)30-16-7-9-19-33(30)40-34/h1-23H. The third-order valence-electron chi connectivity index (χ3n) is 8.22. The minimum Gasteiger partial charge on any atom is -0.308 e. The van der Waals surface area contributed by atoms with Crippen molar-refractivity contribution >= 4 is 74.1 Å². The van der Waals surface area contributed by atoms with Gasteiger partial charge in [0.2, 0.25) is 0 Å². The van der Waals surface area contributed by atoms with Crippen LogP contribution in [0, 0.1) is 0 Å². The van der Waals surface area contributed by atoms with Crippen molar-refractivity contribution in [2.24, 2.45) is 0 Å². The van der Waals surface area contributed by atoms with Crippen LogP contribution in [0.5, 0.6) is 0 Å². The molecule has 0 aliphatic heterocycles. The lowest BCUT2D eigenvalue weighted by Crippen LogP contribution is -1.92. The smallest absolute Gasteiger partial charge is 0.0727 e.